The Morgan fingerprint density at radius 3 is 2.14 bits per heavy atom. The molecule has 2 rings (SSSR count). The zero-order chi connectivity index (χ0) is 27.2. The van der Waals surface area contributed by atoms with Crippen LogP contribution in [0.3, 0.4) is 0 Å². The molecule has 7 unspecified atom stereocenters. The van der Waals surface area contributed by atoms with Crippen LogP contribution in [0.15, 0.2) is 0 Å². The van der Waals surface area contributed by atoms with Crippen LogP contribution in [-0.2, 0) is 47.9 Å². The topological polar surface area (TPSA) is 237 Å². The molecule has 0 spiro atoms. The third-order valence-electron chi connectivity index (χ3n) is 5.33. The molecule has 10 atom stereocenters. The Morgan fingerprint density at radius 1 is 0.972 bits per heavy atom. The molecule has 2 saturated heterocycles. The summed E-state index contributed by atoms with van der Waals surface area (Å²) in [5.74, 6) is -1.47. The van der Waals surface area contributed by atoms with Crippen molar-refractivity contribution in [1.29, 1.82) is 0 Å². The van der Waals surface area contributed by atoms with Crippen LogP contribution in [0.2, 0.25) is 0 Å². The minimum Gasteiger partial charge on any atom is -0.454 e. The molecule has 0 saturated carbocycles. The summed E-state index contributed by atoms with van der Waals surface area (Å²) in [6, 6.07) is -1.42. The number of hydrogen-bond donors (Lipinski definition) is 6. The first-order valence-corrected chi connectivity index (χ1v) is 12.4. The van der Waals surface area contributed by atoms with Crippen molar-refractivity contribution < 1.29 is 70.9 Å². The first kappa shape index (κ1) is 30.7. The molecule has 2 fully saturated rings. The summed E-state index contributed by atoms with van der Waals surface area (Å²) in [6.45, 7) is 2.39. The van der Waals surface area contributed by atoms with Crippen LogP contribution in [0.1, 0.15) is 27.2 Å². The first-order chi connectivity index (χ1) is 16.8. The predicted octanol–water partition coefficient (Wildman–Crippen LogP) is -3.42. The summed E-state index contributed by atoms with van der Waals surface area (Å²) in [5.41, 5.74) is 0. The highest BCUT2D eigenvalue weighted by Gasteiger charge is 2.53. The largest absolute Gasteiger partial charge is 0.454 e. The van der Waals surface area contributed by atoms with Crippen LogP contribution in [0.5, 0.6) is 0 Å². The fraction of sp³-hybridized carbons (Fsp3) is 0.895. The zero-order valence-corrected chi connectivity index (χ0v) is 20.6. The van der Waals surface area contributed by atoms with Crippen LogP contribution in [-0.4, -0.2) is 126 Å². The number of esters is 1. The summed E-state index contributed by atoms with van der Waals surface area (Å²) >= 11 is 0. The van der Waals surface area contributed by atoms with Gasteiger partial charge in [0.05, 0.1) is 13.2 Å². The molecule has 17 heteroatoms. The Labute approximate surface area is 207 Å². The molecule has 0 aromatic heterocycles. The Bertz CT molecular complexity index is 841. The number of aliphatic hydroxyl groups is 4. The molecule has 36 heavy (non-hydrogen) atoms. The summed E-state index contributed by atoms with van der Waals surface area (Å²) in [4.78, 5) is 23.3. The average Bonchev–Trinajstić information content (AvgIpc) is 2.78. The zero-order valence-electron chi connectivity index (χ0n) is 19.8. The number of amides is 1. The van der Waals surface area contributed by atoms with Crippen molar-refractivity contribution in [1.82, 2.24) is 5.32 Å². The third-order valence-corrected chi connectivity index (χ3v) is 5.76. The van der Waals surface area contributed by atoms with E-state index in [1.54, 1.807) is 6.92 Å². The van der Waals surface area contributed by atoms with Crippen molar-refractivity contribution in [2.24, 2.45) is 0 Å². The lowest BCUT2D eigenvalue weighted by molar-refractivity contribution is -0.347. The lowest BCUT2D eigenvalue weighted by Gasteiger charge is -2.47. The van der Waals surface area contributed by atoms with Gasteiger partial charge in [0.1, 0.15) is 42.7 Å². The van der Waals surface area contributed by atoms with E-state index in [4.69, 9.17) is 28.2 Å². The highest BCUT2D eigenvalue weighted by Crippen LogP contribution is 2.31. The Balaban J connectivity index is 2.40. The van der Waals surface area contributed by atoms with Gasteiger partial charge in [-0.3, -0.25) is 14.1 Å². The van der Waals surface area contributed by atoms with E-state index < -0.39 is 96.8 Å². The minimum atomic E-state index is -4.96. The Hall–Kier alpha value is -1.51. The van der Waals surface area contributed by atoms with Gasteiger partial charge >= 0.3 is 16.4 Å². The van der Waals surface area contributed by atoms with Crippen molar-refractivity contribution in [2.45, 2.75) is 88.5 Å². The van der Waals surface area contributed by atoms with Gasteiger partial charge in [-0.05, 0) is 6.42 Å². The Kier molecular flexibility index (Phi) is 11.4. The van der Waals surface area contributed by atoms with Gasteiger partial charge < -0.3 is 49.4 Å². The van der Waals surface area contributed by atoms with Gasteiger partial charge in [-0.2, -0.15) is 8.42 Å². The molecular formula is C19H33NO15S. The molecule has 16 nitrogen and oxygen atoms in total. The molecule has 0 bridgehead atoms. The average molecular weight is 548 g/mol. The van der Waals surface area contributed by atoms with Gasteiger partial charge in [-0.25, -0.2) is 4.18 Å². The number of carbonyl (C=O) groups is 2. The second-order valence-electron chi connectivity index (χ2n) is 8.22. The first-order valence-electron chi connectivity index (χ1n) is 11.1. The molecule has 0 aromatic rings. The minimum absolute atomic E-state index is 0.102. The molecule has 1 amide bonds. The maximum atomic E-state index is 11.7. The highest BCUT2D eigenvalue weighted by atomic mass is 32.3. The fourth-order valence-corrected chi connectivity index (χ4v) is 4.08. The number of ether oxygens (including phenoxy) is 5. The normalized spacial score (nSPS) is 37.3. The van der Waals surface area contributed by atoms with Crippen molar-refractivity contribution in [3.8, 4) is 0 Å². The van der Waals surface area contributed by atoms with E-state index in [0.717, 1.165) is 13.8 Å². The van der Waals surface area contributed by atoms with Gasteiger partial charge in [0.2, 0.25) is 5.91 Å². The van der Waals surface area contributed by atoms with Crippen molar-refractivity contribution in [3.05, 3.63) is 0 Å². The van der Waals surface area contributed by atoms with Crippen molar-refractivity contribution >= 4 is 22.3 Å². The van der Waals surface area contributed by atoms with Gasteiger partial charge in [0, 0.05) is 20.5 Å². The maximum absolute atomic E-state index is 11.7. The number of aliphatic hydroxyl groups excluding tert-OH is 4. The van der Waals surface area contributed by atoms with Gasteiger partial charge in [-0.1, -0.05) is 6.92 Å². The van der Waals surface area contributed by atoms with Crippen LogP contribution < -0.4 is 5.32 Å². The lowest BCUT2D eigenvalue weighted by atomic mass is 9.95. The van der Waals surface area contributed by atoms with E-state index in [0.29, 0.717) is 6.42 Å². The van der Waals surface area contributed by atoms with E-state index in [2.05, 4.69) is 9.50 Å². The van der Waals surface area contributed by atoms with Crippen molar-refractivity contribution in [2.75, 3.05) is 19.8 Å². The van der Waals surface area contributed by atoms with Gasteiger partial charge in [0.15, 0.2) is 18.7 Å². The third kappa shape index (κ3) is 8.25. The van der Waals surface area contributed by atoms with Crippen LogP contribution in [0, 0.1) is 0 Å². The fourth-order valence-electron chi connectivity index (χ4n) is 3.78. The number of rotatable bonds is 11. The monoisotopic (exact) mass is 547 g/mol. The molecule has 2 aliphatic rings. The number of hydrogen-bond acceptors (Lipinski definition) is 14. The van der Waals surface area contributed by atoms with E-state index in [9.17, 15) is 38.4 Å². The van der Waals surface area contributed by atoms with Crippen LogP contribution in [0.4, 0.5) is 0 Å². The van der Waals surface area contributed by atoms with E-state index in [-0.39, 0.29) is 6.61 Å². The lowest BCUT2D eigenvalue weighted by Crippen LogP contribution is -2.68. The molecule has 2 aliphatic heterocycles. The Morgan fingerprint density at radius 2 is 1.61 bits per heavy atom. The molecule has 0 aromatic carbocycles. The molecule has 2 heterocycles. The maximum Gasteiger partial charge on any atom is 0.397 e. The molecule has 0 radical (unpaired) electrons. The smallest absolute Gasteiger partial charge is 0.397 e. The standard InChI is InChI=1S/C19H33NO15S/c1-4-5-30-19-17(32-9(3)23)15(26)16(11(34-19)7-31-36(27,28)29)35-18-12(20-8(2)22)14(25)13(24)10(6-21)33-18/h10-19,21,24-26H,4-7H2,1-3H3,(H,20,22)(H,27,28,29)/t10?,11?,12?,13-,14?,15?,16?,17?,18-,19+/m0/s1. The second kappa shape index (κ2) is 13.3. The molecular weight excluding hydrogens is 514 g/mol. The van der Waals surface area contributed by atoms with E-state index in [1.165, 1.54) is 0 Å². The summed E-state index contributed by atoms with van der Waals surface area (Å²) in [7, 11) is -4.96. The highest BCUT2D eigenvalue weighted by molar-refractivity contribution is 7.80. The summed E-state index contributed by atoms with van der Waals surface area (Å²) in [6.07, 6.45) is -13.6. The predicted molar refractivity (Wildman–Crippen MR) is 114 cm³/mol. The van der Waals surface area contributed by atoms with E-state index in [1.807, 2.05) is 0 Å². The summed E-state index contributed by atoms with van der Waals surface area (Å²) in [5, 5.41) is 43.6. The quantitative estimate of drug-likeness (QED) is 0.109. The van der Waals surface area contributed by atoms with Crippen molar-refractivity contribution in [3.63, 3.8) is 0 Å². The van der Waals surface area contributed by atoms with Crippen LogP contribution >= 0.6 is 0 Å². The summed E-state index contributed by atoms with van der Waals surface area (Å²) < 4.78 is 63.2. The second-order valence-corrected chi connectivity index (χ2v) is 9.32. The van der Waals surface area contributed by atoms with E-state index >= 15 is 0 Å². The number of nitrogens with one attached hydrogen (secondary N) is 1. The van der Waals surface area contributed by atoms with Gasteiger partial charge in [-0.15, -0.1) is 0 Å². The van der Waals surface area contributed by atoms with Crippen LogP contribution in [0.25, 0.3) is 0 Å². The molecule has 210 valence electrons. The molecule has 6 N–H and O–H groups in total. The van der Waals surface area contributed by atoms with Gasteiger partial charge in [0.25, 0.3) is 0 Å². The number of carbonyl (C=O) groups excluding carboxylic acids is 2. The molecule has 0 aliphatic carbocycles. The SMILES string of the molecule is CCCO[C@@H]1OC(COS(=O)(=O)O)C(O[C@@H]2OC(CO)[C@H](O)C(O)C2NC(C)=O)C(O)C1OC(C)=O.